The van der Waals surface area contributed by atoms with E-state index >= 15 is 0 Å². The molecule has 0 saturated carbocycles. The van der Waals surface area contributed by atoms with Gasteiger partial charge in [0.2, 0.25) is 0 Å². The van der Waals surface area contributed by atoms with Crippen molar-refractivity contribution in [3.05, 3.63) is 29.8 Å². The van der Waals surface area contributed by atoms with Crippen molar-refractivity contribution in [1.29, 1.82) is 0 Å². The second-order valence-corrected chi connectivity index (χ2v) is 6.41. The molecule has 0 radical (unpaired) electrons. The lowest BCUT2D eigenvalue weighted by atomic mass is 10.0. The van der Waals surface area contributed by atoms with E-state index in [4.69, 9.17) is 4.74 Å². The largest absolute Gasteiger partial charge is 0.492 e. The Morgan fingerprint density at radius 2 is 2.15 bits per heavy atom. The molecule has 0 aliphatic carbocycles. The van der Waals surface area contributed by atoms with Gasteiger partial charge in [0, 0.05) is 0 Å². The van der Waals surface area contributed by atoms with E-state index < -0.39 is 0 Å². The van der Waals surface area contributed by atoms with Crippen LogP contribution in [0.4, 0.5) is 0 Å². The van der Waals surface area contributed by atoms with E-state index in [0.29, 0.717) is 0 Å². The lowest BCUT2D eigenvalue weighted by Crippen LogP contribution is -2.23. The van der Waals surface area contributed by atoms with Crippen molar-refractivity contribution in [2.75, 3.05) is 6.61 Å². The van der Waals surface area contributed by atoms with Gasteiger partial charge < -0.3 is 4.74 Å². The topological polar surface area (TPSA) is 9.23 Å². The van der Waals surface area contributed by atoms with Crippen molar-refractivity contribution in [3.63, 3.8) is 0 Å². The smallest absolute Gasteiger partial charge is 0.122 e. The standard InChI is InChI=1S/C11H13IO/c1-11(12)7-6-9-4-2-3-5-10(9)13-8-11/h2-5H,6-8H2,1H3. The third-order valence-electron chi connectivity index (χ3n) is 2.42. The molecule has 13 heavy (non-hydrogen) atoms. The minimum absolute atomic E-state index is 0.288. The Hall–Kier alpha value is -0.250. The first-order chi connectivity index (χ1) is 6.17. The summed E-state index contributed by atoms with van der Waals surface area (Å²) in [5.74, 6) is 1.07. The second-order valence-electron chi connectivity index (χ2n) is 3.81. The predicted molar refractivity (Wildman–Crippen MR) is 62.7 cm³/mol. The monoisotopic (exact) mass is 288 g/mol. The highest BCUT2D eigenvalue weighted by molar-refractivity contribution is 14.1. The highest BCUT2D eigenvalue weighted by atomic mass is 127. The highest BCUT2D eigenvalue weighted by Gasteiger charge is 2.24. The van der Waals surface area contributed by atoms with Gasteiger partial charge in [-0.1, -0.05) is 40.8 Å². The molecule has 0 N–H and O–H groups in total. The summed E-state index contributed by atoms with van der Waals surface area (Å²) < 4.78 is 6.04. The molecule has 1 aliphatic heterocycles. The fourth-order valence-corrected chi connectivity index (χ4v) is 1.97. The fourth-order valence-electron chi connectivity index (χ4n) is 1.55. The Morgan fingerprint density at radius 3 is 3.00 bits per heavy atom. The Bertz CT molecular complexity index is 278. The van der Waals surface area contributed by atoms with Gasteiger partial charge >= 0.3 is 0 Å². The number of ether oxygens (including phenoxy) is 1. The van der Waals surface area contributed by atoms with Crippen LogP contribution < -0.4 is 4.74 Å². The third kappa shape index (κ3) is 2.16. The quantitative estimate of drug-likeness (QED) is 0.526. The normalized spacial score (nSPS) is 27.2. The van der Waals surface area contributed by atoms with Crippen molar-refractivity contribution in [2.24, 2.45) is 0 Å². The van der Waals surface area contributed by atoms with Crippen molar-refractivity contribution < 1.29 is 4.74 Å². The summed E-state index contributed by atoms with van der Waals surface area (Å²) in [6, 6.07) is 8.34. The number of alkyl halides is 1. The molecule has 1 atom stereocenters. The summed E-state index contributed by atoms with van der Waals surface area (Å²) in [5.41, 5.74) is 1.35. The summed E-state index contributed by atoms with van der Waals surface area (Å²) in [5, 5.41) is 0. The number of aryl methyl sites for hydroxylation is 1. The number of benzene rings is 1. The van der Waals surface area contributed by atoms with Gasteiger partial charge in [0.15, 0.2) is 0 Å². The molecular formula is C11H13IO. The van der Waals surface area contributed by atoms with Crippen LogP contribution in [0.5, 0.6) is 5.75 Å². The SMILES string of the molecule is CC1(I)CCc2ccccc2OC1. The van der Waals surface area contributed by atoms with Gasteiger partial charge in [-0.05, 0) is 31.4 Å². The molecule has 1 nitrogen and oxygen atoms in total. The van der Waals surface area contributed by atoms with E-state index in [9.17, 15) is 0 Å². The van der Waals surface area contributed by atoms with E-state index in [1.165, 1.54) is 12.0 Å². The molecule has 0 amide bonds. The van der Waals surface area contributed by atoms with Crippen molar-refractivity contribution >= 4 is 22.6 Å². The Labute approximate surface area is 92.6 Å². The van der Waals surface area contributed by atoms with Crippen LogP contribution >= 0.6 is 22.6 Å². The minimum Gasteiger partial charge on any atom is -0.492 e. The number of fused-ring (bicyclic) bond motifs is 1. The van der Waals surface area contributed by atoms with Crippen LogP contribution in [-0.4, -0.2) is 10.0 Å². The molecule has 70 valence electrons. The zero-order valence-electron chi connectivity index (χ0n) is 7.72. The molecule has 0 bridgehead atoms. The number of para-hydroxylation sites is 1. The molecule has 0 spiro atoms. The molecule has 1 aliphatic rings. The van der Waals surface area contributed by atoms with E-state index in [2.05, 4.69) is 47.7 Å². The van der Waals surface area contributed by atoms with Crippen LogP contribution in [-0.2, 0) is 6.42 Å². The van der Waals surface area contributed by atoms with Crippen LogP contribution in [0.1, 0.15) is 18.9 Å². The summed E-state index contributed by atoms with van der Waals surface area (Å²) in [4.78, 5) is 0. The average Bonchev–Trinajstić information content (AvgIpc) is 2.27. The molecule has 1 unspecified atom stereocenters. The molecule has 0 aromatic heterocycles. The molecule has 2 rings (SSSR count). The Balaban J connectivity index is 2.27. The molecular weight excluding hydrogens is 275 g/mol. The van der Waals surface area contributed by atoms with Gasteiger partial charge in [-0.2, -0.15) is 0 Å². The third-order valence-corrected chi connectivity index (χ3v) is 3.27. The van der Waals surface area contributed by atoms with Gasteiger partial charge in [0.05, 0.1) is 3.42 Å². The number of rotatable bonds is 0. The number of hydrogen-bond donors (Lipinski definition) is 0. The first kappa shape index (κ1) is 9.31. The van der Waals surface area contributed by atoms with E-state index in [1.807, 2.05) is 6.07 Å². The van der Waals surface area contributed by atoms with Crippen LogP contribution in [0.3, 0.4) is 0 Å². The minimum atomic E-state index is 0.288. The molecule has 0 saturated heterocycles. The number of hydrogen-bond acceptors (Lipinski definition) is 1. The average molecular weight is 288 g/mol. The van der Waals surface area contributed by atoms with Crippen LogP contribution in [0, 0.1) is 0 Å². The van der Waals surface area contributed by atoms with E-state index in [-0.39, 0.29) is 3.42 Å². The Kier molecular flexibility index (Phi) is 2.49. The summed E-state index contributed by atoms with van der Waals surface area (Å²) in [6.45, 7) is 3.07. The van der Waals surface area contributed by atoms with Crippen molar-refractivity contribution in [3.8, 4) is 5.75 Å². The molecule has 1 heterocycles. The lowest BCUT2D eigenvalue weighted by molar-refractivity contribution is 0.292. The van der Waals surface area contributed by atoms with Crippen molar-refractivity contribution in [1.82, 2.24) is 0 Å². The lowest BCUT2D eigenvalue weighted by Gasteiger charge is -2.18. The summed E-state index contributed by atoms with van der Waals surface area (Å²) in [6.07, 6.45) is 2.33. The molecule has 1 aromatic rings. The van der Waals surface area contributed by atoms with E-state index in [0.717, 1.165) is 18.8 Å². The summed E-state index contributed by atoms with van der Waals surface area (Å²) in [7, 11) is 0. The second kappa shape index (κ2) is 3.48. The molecule has 1 aromatic carbocycles. The highest BCUT2D eigenvalue weighted by Crippen LogP contribution is 2.32. The van der Waals surface area contributed by atoms with Gasteiger partial charge in [0.1, 0.15) is 12.4 Å². The predicted octanol–water partition coefficient (Wildman–Crippen LogP) is 3.21. The van der Waals surface area contributed by atoms with E-state index in [1.54, 1.807) is 0 Å². The van der Waals surface area contributed by atoms with Gasteiger partial charge in [0.25, 0.3) is 0 Å². The van der Waals surface area contributed by atoms with Crippen molar-refractivity contribution in [2.45, 2.75) is 23.2 Å². The maximum absolute atomic E-state index is 5.76. The van der Waals surface area contributed by atoms with Crippen LogP contribution in [0.15, 0.2) is 24.3 Å². The molecule has 0 fully saturated rings. The first-order valence-corrected chi connectivity index (χ1v) is 5.65. The van der Waals surface area contributed by atoms with Gasteiger partial charge in [-0.15, -0.1) is 0 Å². The maximum atomic E-state index is 5.76. The van der Waals surface area contributed by atoms with Crippen LogP contribution in [0.2, 0.25) is 0 Å². The molecule has 2 heteroatoms. The van der Waals surface area contributed by atoms with Crippen LogP contribution in [0.25, 0.3) is 0 Å². The Morgan fingerprint density at radius 1 is 1.38 bits per heavy atom. The van der Waals surface area contributed by atoms with Gasteiger partial charge in [-0.3, -0.25) is 0 Å². The first-order valence-electron chi connectivity index (χ1n) is 4.57. The van der Waals surface area contributed by atoms with Gasteiger partial charge in [-0.25, -0.2) is 0 Å². The summed E-state index contributed by atoms with van der Waals surface area (Å²) >= 11 is 2.49. The maximum Gasteiger partial charge on any atom is 0.122 e. The fraction of sp³-hybridized carbons (Fsp3) is 0.455. The zero-order chi connectivity index (χ0) is 9.31. The zero-order valence-corrected chi connectivity index (χ0v) is 9.87. The number of halogens is 1.